The number of amides is 3. The molecule has 0 heterocycles. The van der Waals surface area contributed by atoms with Gasteiger partial charge in [-0.1, -0.05) is 12.1 Å². The average Bonchev–Trinajstić information content (AvgIpc) is 2.51. The summed E-state index contributed by atoms with van der Waals surface area (Å²) in [6.07, 6.45) is -0.921. The van der Waals surface area contributed by atoms with Crippen molar-refractivity contribution in [2.24, 2.45) is 0 Å². The molecule has 1 rings (SSSR count). The van der Waals surface area contributed by atoms with Crippen LogP contribution in [0.3, 0.4) is 0 Å². The maximum atomic E-state index is 11.8. The molecular weight excluding hydrogens is 372 g/mol. The van der Waals surface area contributed by atoms with Gasteiger partial charge in [0.05, 0.1) is 12.2 Å². The molecule has 0 bridgehead atoms. The molecule has 1 aromatic carbocycles. The summed E-state index contributed by atoms with van der Waals surface area (Å²) in [5, 5.41) is 4.22. The molecule has 0 radical (unpaired) electrons. The van der Waals surface area contributed by atoms with E-state index in [0.717, 1.165) is 0 Å². The fraction of sp³-hybridized carbons (Fsp3) is 0.286. The highest BCUT2D eigenvalue weighted by atomic mass is 79.9. The second-order valence-electron chi connectivity index (χ2n) is 4.09. The van der Waals surface area contributed by atoms with Crippen LogP contribution < -0.4 is 10.6 Å². The Morgan fingerprint density at radius 3 is 2.48 bits per heavy atom. The van der Waals surface area contributed by atoms with E-state index in [2.05, 4.69) is 30.7 Å². The van der Waals surface area contributed by atoms with Crippen LogP contribution in [0.4, 0.5) is 4.79 Å². The number of nitrogens with one attached hydrogen (secondary N) is 2. The van der Waals surface area contributed by atoms with Crippen LogP contribution in [0.1, 0.15) is 17.3 Å². The van der Waals surface area contributed by atoms with Gasteiger partial charge in [0, 0.05) is 4.47 Å². The third-order valence-electron chi connectivity index (χ3n) is 2.39. The Hall–Kier alpha value is -2.42. The Balaban J connectivity index is 2.32. The summed E-state index contributed by atoms with van der Waals surface area (Å²) in [6.45, 7) is 0.632. The van der Waals surface area contributed by atoms with Crippen molar-refractivity contribution in [2.75, 3.05) is 19.8 Å². The van der Waals surface area contributed by atoms with Crippen molar-refractivity contribution in [3.8, 4) is 0 Å². The van der Waals surface area contributed by atoms with E-state index in [1.807, 2.05) is 5.32 Å². The standard InChI is InChI=1S/C14H15BrN2O6/c1-2-22-14(21)17-11(18)8-23-12(19)7-16-13(20)9-5-3-4-6-10(9)15/h3-6H,2,7-8H2,1H3,(H,16,20)(H,17,18,21). The molecule has 2 N–H and O–H groups in total. The first-order valence-electron chi connectivity index (χ1n) is 6.59. The summed E-state index contributed by atoms with van der Waals surface area (Å²) in [6, 6.07) is 6.69. The molecule has 0 aromatic heterocycles. The Labute approximate surface area is 140 Å². The van der Waals surface area contributed by atoms with Crippen LogP contribution in [0.2, 0.25) is 0 Å². The maximum Gasteiger partial charge on any atom is 0.413 e. The number of rotatable bonds is 6. The van der Waals surface area contributed by atoms with Gasteiger partial charge < -0.3 is 14.8 Å². The molecule has 0 atom stereocenters. The quantitative estimate of drug-likeness (QED) is 0.705. The lowest BCUT2D eigenvalue weighted by Gasteiger charge is -2.07. The summed E-state index contributed by atoms with van der Waals surface area (Å²) in [4.78, 5) is 45.5. The van der Waals surface area contributed by atoms with Crippen LogP contribution in [0.15, 0.2) is 28.7 Å². The third kappa shape index (κ3) is 6.92. The number of benzene rings is 1. The molecule has 0 aliphatic heterocycles. The molecule has 0 saturated heterocycles. The van der Waals surface area contributed by atoms with Crippen molar-refractivity contribution in [3.05, 3.63) is 34.3 Å². The minimum atomic E-state index is -0.921. The van der Waals surface area contributed by atoms with E-state index >= 15 is 0 Å². The van der Waals surface area contributed by atoms with Crippen molar-refractivity contribution in [1.82, 2.24) is 10.6 Å². The fourth-order valence-corrected chi connectivity index (χ4v) is 1.87. The van der Waals surface area contributed by atoms with E-state index in [1.165, 1.54) is 0 Å². The van der Waals surface area contributed by atoms with E-state index in [-0.39, 0.29) is 6.61 Å². The minimum Gasteiger partial charge on any atom is -0.454 e. The highest BCUT2D eigenvalue weighted by Gasteiger charge is 2.14. The number of carbonyl (C=O) groups excluding carboxylic acids is 4. The van der Waals surface area contributed by atoms with E-state index in [1.54, 1.807) is 31.2 Å². The van der Waals surface area contributed by atoms with E-state index in [0.29, 0.717) is 10.0 Å². The summed E-state index contributed by atoms with van der Waals surface area (Å²) in [7, 11) is 0. The van der Waals surface area contributed by atoms with E-state index in [9.17, 15) is 19.2 Å². The molecule has 3 amide bonds. The molecular formula is C14H15BrN2O6. The number of halogens is 1. The van der Waals surface area contributed by atoms with Gasteiger partial charge in [0.2, 0.25) is 0 Å². The largest absolute Gasteiger partial charge is 0.454 e. The van der Waals surface area contributed by atoms with Crippen LogP contribution in [0.25, 0.3) is 0 Å². The Kier molecular flexibility index (Phi) is 7.75. The SMILES string of the molecule is CCOC(=O)NC(=O)COC(=O)CNC(=O)c1ccccc1Br. The molecule has 23 heavy (non-hydrogen) atoms. The number of imide groups is 1. The second-order valence-corrected chi connectivity index (χ2v) is 4.95. The van der Waals surface area contributed by atoms with Gasteiger partial charge in [-0.05, 0) is 35.0 Å². The lowest BCUT2D eigenvalue weighted by molar-refractivity contribution is -0.147. The molecule has 0 unspecified atom stereocenters. The highest BCUT2D eigenvalue weighted by molar-refractivity contribution is 9.10. The number of hydrogen-bond acceptors (Lipinski definition) is 6. The van der Waals surface area contributed by atoms with Crippen molar-refractivity contribution in [3.63, 3.8) is 0 Å². The van der Waals surface area contributed by atoms with Gasteiger partial charge in [-0.2, -0.15) is 0 Å². The van der Waals surface area contributed by atoms with Gasteiger partial charge in [0.1, 0.15) is 6.54 Å². The molecule has 0 aliphatic rings. The normalized spacial score (nSPS) is 9.65. The Morgan fingerprint density at radius 1 is 1.13 bits per heavy atom. The zero-order valence-electron chi connectivity index (χ0n) is 12.3. The minimum absolute atomic E-state index is 0.111. The van der Waals surface area contributed by atoms with E-state index in [4.69, 9.17) is 0 Å². The first-order chi connectivity index (χ1) is 10.9. The molecule has 1 aromatic rings. The highest BCUT2D eigenvalue weighted by Crippen LogP contribution is 2.15. The molecule has 0 fully saturated rings. The zero-order chi connectivity index (χ0) is 17.2. The first-order valence-corrected chi connectivity index (χ1v) is 7.38. The topological polar surface area (TPSA) is 111 Å². The van der Waals surface area contributed by atoms with Crippen LogP contribution in [0, 0.1) is 0 Å². The lowest BCUT2D eigenvalue weighted by Crippen LogP contribution is -2.36. The number of ether oxygens (including phenoxy) is 2. The Bertz CT molecular complexity index is 605. The summed E-state index contributed by atoms with van der Waals surface area (Å²) < 4.78 is 9.68. The predicted molar refractivity (Wildman–Crippen MR) is 82.6 cm³/mol. The lowest BCUT2D eigenvalue weighted by atomic mass is 10.2. The average molecular weight is 387 g/mol. The molecule has 0 spiro atoms. The van der Waals surface area contributed by atoms with Gasteiger partial charge in [-0.15, -0.1) is 0 Å². The number of esters is 1. The summed E-state index contributed by atoms with van der Waals surface area (Å²) >= 11 is 3.22. The smallest absolute Gasteiger partial charge is 0.413 e. The van der Waals surface area contributed by atoms with Crippen LogP contribution in [-0.4, -0.2) is 43.6 Å². The predicted octanol–water partition coefficient (Wildman–Crippen LogP) is 0.995. The molecule has 9 heteroatoms. The van der Waals surface area contributed by atoms with Gasteiger partial charge in [-0.3, -0.25) is 19.7 Å². The molecule has 0 aliphatic carbocycles. The van der Waals surface area contributed by atoms with Gasteiger partial charge in [0.15, 0.2) is 6.61 Å². The van der Waals surface area contributed by atoms with Gasteiger partial charge >= 0.3 is 12.1 Å². The monoisotopic (exact) mass is 386 g/mol. The summed E-state index contributed by atoms with van der Waals surface area (Å²) in [5.74, 6) is -2.11. The van der Waals surface area contributed by atoms with Crippen LogP contribution in [-0.2, 0) is 19.1 Å². The molecule has 8 nitrogen and oxygen atoms in total. The van der Waals surface area contributed by atoms with Crippen molar-refractivity contribution >= 4 is 39.8 Å². The number of alkyl carbamates (subject to hydrolysis) is 1. The second kappa shape index (κ2) is 9.57. The third-order valence-corrected chi connectivity index (χ3v) is 3.08. The fourth-order valence-electron chi connectivity index (χ4n) is 1.41. The van der Waals surface area contributed by atoms with Crippen molar-refractivity contribution in [1.29, 1.82) is 0 Å². The maximum absolute atomic E-state index is 11.8. The molecule has 124 valence electrons. The van der Waals surface area contributed by atoms with Crippen molar-refractivity contribution in [2.45, 2.75) is 6.92 Å². The number of carbonyl (C=O) groups is 4. The van der Waals surface area contributed by atoms with Gasteiger partial charge in [0.25, 0.3) is 11.8 Å². The summed E-state index contributed by atoms with van der Waals surface area (Å²) in [5.41, 5.74) is 0.361. The number of hydrogen-bond donors (Lipinski definition) is 2. The zero-order valence-corrected chi connectivity index (χ0v) is 13.8. The first kappa shape index (κ1) is 18.6. The Morgan fingerprint density at radius 2 is 1.83 bits per heavy atom. The van der Waals surface area contributed by atoms with E-state index < -0.39 is 37.0 Å². The van der Waals surface area contributed by atoms with Crippen molar-refractivity contribution < 1.29 is 28.7 Å². The molecule has 0 saturated carbocycles. The van der Waals surface area contributed by atoms with Gasteiger partial charge in [-0.25, -0.2) is 4.79 Å². The van der Waals surface area contributed by atoms with Crippen LogP contribution in [0.5, 0.6) is 0 Å². The van der Waals surface area contributed by atoms with Crippen LogP contribution >= 0.6 is 15.9 Å².